The zero-order valence-corrected chi connectivity index (χ0v) is 16.8. The Labute approximate surface area is 162 Å². The smallest absolute Gasteiger partial charge is 0.372 e. The van der Waals surface area contributed by atoms with Crippen molar-refractivity contribution in [1.29, 1.82) is 0 Å². The van der Waals surface area contributed by atoms with Crippen molar-refractivity contribution in [3.8, 4) is 0 Å². The van der Waals surface area contributed by atoms with Gasteiger partial charge in [-0.2, -0.15) is 18.3 Å². The summed E-state index contributed by atoms with van der Waals surface area (Å²) >= 11 is 1.49. The van der Waals surface area contributed by atoms with Crippen LogP contribution in [0.15, 0.2) is 35.2 Å². The van der Waals surface area contributed by atoms with Crippen molar-refractivity contribution in [3.05, 3.63) is 47.3 Å². The first-order valence-electron chi connectivity index (χ1n) is 9.00. The molecule has 148 valence electrons. The number of halogens is 3. The van der Waals surface area contributed by atoms with Gasteiger partial charge in [0, 0.05) is 21.7 Å². The van der Waals surface area contributed by atoms with Crippen LogP contribution in [0.1, 0.15) is 63.6 Å². The van der Waals surface area contributed by atoms with Crippen molar-refractivity contribution in [2.24, 2.45) is 0 Å². The minimum absolute atomic E-state index is 0.0560. The first-order valence-corrected chi connectivity index (χ1v) is 9.82. The predicted molar refractivity (Wildman–Crippen MR) is 101 cm³/mol. The van der Waals surface area contributed by atoms with Crippen LogP contribution in [0, 0.1) is 0 Å². The number of thioether (sulfide) groups is 1. The van der Waals surface area contributed by atoms with Crippen molar-refractivity contribution >= 4 is 11.8 Å². The van der Waals surface area contributed by atoms with E-state index in [1.807, 2.05) is 6.07 Å². The molecule has 0 bridgehead atoms. The van der Waals surface area contributed by atoms with Crippen LogP contribution in [0.2, 0.25) is 0 Å². The monoisotopic (exact) mass is 398 g/mol. The minimum atomic E-state index is -4.32. The summed E-state index contributed by atoms with van der Waals surface area (Å²) in [5.74, 6) is 0. The average Bonchev–Trinajstić information content (AvgIpc) is 3.04. The highest BCUT2D eigenvalue weighted by Crippen LogP contribution is 2.46. The SMILES string of the molecule is CC1(Sc2cccc(C(F)(F)F)c2)CCOC(c2cc(C(C)(C)C)n[nH]2)C1. The van der Waals surface area contributed by atoms with Crippen molar-refractivity contribution in [2.45, 2.75) is 67.9 Å². The van der Waals surface area contributed by atoms with Gasteiger partial charge in [0.05, 0.1) is 17.0 Å². The molecule has 1 aliphatic heterocycles. The van der Waals surface area contributed by atoms with Crippen LogP contribution in [0.4, 0.5) is 13.2 Å². The fraction of sp³-hybridized carbons (Fsp3) is 0.550. The van der Waals surface area contributed by atoms with Crippen LogP contribution < -0.4 is 0 Å². The Kier molecular flexibility index (Phi) is 5.38. The number of alkyl halides is 3. The second-order valence-electron chi connectivity index (χ2n) is 8.35. The van der Waals surface area contributed by atoms with E-state index in [0.29, 0.717) is 17.9 Å². The van der Waals surface area contributed by atoms with Crippen molar-refractivity contribution in [1.82, 2.24) is 10.2 Å². The number of hydrogen-bond donors (Lipinski definition) is 1. The molecule has 3 nitrogen and oxygen atoms in total. The van der Waals surface area contributed by atoms with E-state index in [2.05, 4.69) is 37.9 Å². The highest BCUT2D eigenvalue weighted by Gasteiger charge is 2.37. The lowest BCUT2D eigenvalue weighted by Gasteiger charge is -2.37. The molecule has 1 aromatic heterocycles. The molecule has 0 saturated carbocycles. The molecular formula is C20H25F3N2OS. The van der Waals surface area contributed by atoms with Gasteiger partial charge in [0.25, 0.3) is 0 Å². The highest BCUT2D eigenvalue weighted by atomic mass is 32.2. The van der Waals surface area contributed by atoms with Gasteiger partial charge < -0.3 is 4.74 Å². The molecular weight excluding hydrogens is 373 g/mol. The zero-order valence-electron chi connectivity index (χ0n) is 16.0. The van der Waals surface area contributed by atoms with Crippen LogP contribution in [-0.4, -0.2) is 21.6 Å². The van der Waals surface area contributed by atoms with Gasteiger partial charge in [-0.1, -0.05) is 26.8 Å². The van der Waals surface area contributed by atoms with Crippen LogP contribution in [0.5, 0.6) is 0 Å². The fourth-order valence-corrected chi connectivity index (χ4v) is 4.49. The molecule has 1 fully saturated rings. The number of aromatic nitrogens is 2. The van der Waals surface area contributed by atoms with E-state index >= 15 is 0 Å². The number of ether oxygens (including phenoxy) is 1. The molecule has 2 atom stereocenters. The quantitative estimate of drug-likeness (QED) is 0.676. The molecule has 0 radical (unpaired) electrons. The van der Waals surface area contributed by atoms with Gasteiger partial charge in [-0.15, -0.1) is 11.8 Å². The zero-order chi connectivity index (χ0) is 19.9. The maximum atomic E-state index is 13.0. The Morgan fingerprint density at radius 3 is 2.59 bits per heavy atom. The largest absolute Gasteiger partial charge is 0.416 e. The number of H-pyrrole nitrogens is 1. The van der Waals surface area contributed by atoms with Crippen LogP contribution >= 0.6 is 11.8 Å². The molecule has 1 aromatic carbocycles. The molecule has 2 aromatic rings. The van der Waals surface area contributed by atoms with Crippen molar-refractivity contribution in [2.75, 3.05) is 6.61 Å². The topological polar surface area (TPSA) is 37.9 Å². The van der Waals surface area contributed by atoms with E-state index in [-0.39, 0.29) is 16.3 Å². The summed E-state index contributed by atoms with van der Waals surface area (Å²) in [5.41, 5.74) is 1.23. The molecule has 3 rings (SSSR count). The normalized spacial score (nSPS) is 24.2. The average molecular weight is 398 g/mol. The molecule has 0 amide bonds. The third-order valence-electron chi connectivity index (χ3n) is 4.81. The Hall–Kier alpha value is -1.47. The number of hydrogen-bond acceptors (Lipinski definition) is 3. The second-order valence-corrected chi connectivity index (χ2v) is 10.0. The lowest BCUT2D eigenvalue weighted by molar-refractivity contribution is -0.137. The number of nitrogens with zero attached hydrogens (tertiary/aromatic N) is 1. The molecule has 1 saturated heterocycles. The first kappa shape index (κ1) is 20.3. The van der Waals surface area contributed by atoms with E-state index in [1.54, 1.807) is 6.07 Å². The van der Waals surface area contributed by atoms with E-state index in [1.165, 1.54) is 23.9 Å². The van der Waals surface area contributed by atoms with Crippen LogP contribution in [-0.2, 0) is 16.3 Å². The minimum Gasteiger partial charge on any atom is -0.372 e. The summed E-state index contributed by atoms with van der Waals surface area (Å²) in [7, 11) is 0. The molecule has 1 N–H and O–H groups in total. The number of benzene rings is 1. The van der Waals surface area contributed by atoms with Crippen molar-refractivity contribution < 1.29 is 17.9 Å². The third kappa shape index (κ3) is 4.88. The maximum Gasteiger partial charge on any atom is 0.416 e. The van der Waals surface area contributed by atoms with E-state index < -0.39 is 11.7 Å². The molecule has 0 spiro atoms. The standard InChI is InChI=1S/C20H25F3N2OS/c1-18(2,3)17-11-15(24-25-17)16-12-19(4,8-9-26-16)27-14-7-5-6-13(10-14)20(21,22)23/h5-7,10-11,16H,8-9,12H2,1-4H3,(H,24,25). The number of rotatable bonds is 3. The second kappa shape index (κ2) is 7.17. The Bertz CT molecular complexity index is 797. The third-order valence-corrected chi connectivity index (χ3v) is 6.16. The lowest BCUT2D eigenvalue weighted by atomic mass is 9.90. The first-order chi connectivity index (χ1) is 12.5. The molecule has 0 aliphatic carbocycles. The van der Waals surface area contributed by atoms with Crippen LogP contribution in [0.3, 0.4) is 0 Å². The van der Waals surface area contributed by atoms with Gasteiger partial charge in [0.2, 0.25) is 0 Å². The summed E-state index contributed by atoms with van der Waals surface area (Å²) in [4.78, 5) is 0.632. The van der Waals surface area contributed by atoms with Gasteiger partial charge in [-0.3, -0.25) is 5.10 Å². The summed E-state index contributed by atoms with van der Waals surface area (Å²) < 4.78 is 44.7. The van der Waals surface area contributed by atoms with E-state index in [0.717, 1.165) is 23.9 Å². The van der Waals surface area contributed by atoms with Gasteiger partial charge >= 0.3 is 6.18 Å². The van der Waals surface area contributed by atoms with Gasteiger partial charge in [-0.25, -0.2) is 0 Å². The van der Waals surface area contributed by atoms with Gasteiger partial charge in [0.15, 0.2) is 0 Å². The Morgan fingerprint density at radius 2 is 1.96 bits per heavy atom. The van der Waals surface area contributed by atoms with Crippen molar-refractivity contribution in [3.63, 3.8) is 0 Å². The highest BCUT2D eigenvalue weighted by molar-refractivity contribution is 8.00. The summed E-state index contributed by atoms with van der Waals surface area (Å²) in [5, 5.41) is 7.48. The summed E-state index contributed by atoms with van der Waals surface area (Å²) in [6.07, 6.45) is -2.97. The Balaban J connectivity index is 1.76. The summed E-state index contributed by atoms with van der Waals surface area (Å²) in [6, 6.07) is 7.58. The molecule has 1 aliphatic rings. The predicted octanol–water partition coefficient (Wildman–Crippen LogP) is 6.13. The molecule has 27 heavy (non-hydrogen) atoms. The van der Waals surface area contributed by atoms with E-state index in [9.17, 15) is 13.2 Å². The maximum absolute atomic E-state index is 13.0. The molecule has 7 heteroatoms. The lowest BCUT2D eigenvalue weighted by Crippen LogP contribution is -2.32. The van der Waals surface area contributed by atoms with E-state index in [4.69, 9.17) is 4.74 Å². The van der Waals surface area contributed by atoms with Gasteiger partial charge in [-0.05, 0) is 44.0 Å². The van der Waals surface area contributed by atoms with Crippen LogP contribution in [0.25, 0.3) is 0 Å². The summed E-state index contributed by atoms with van der Waals surface area (Å²) in [6.45, 7) is 8.96. The number of aromatic amines is 1. The fourth-order valence-electron chi connectivity index (χ4n) is 3.17. The number of nitrogens with one attached hydrogen (secondary N) is 1. The molecule has 2 heterocycles. The Morgan fingerprint density at radius 1 is 1.22 bits per heavy atom. The van der Waals surface area contributed by atoms with Gasteiger partial charge in [0.1, 0.15) is 6.10 Å². The molecule has 2 unspecified atom stereocenters.